The van der Waals surface area contributed by atoms with Crippen molar-refractivity contribution in [3.05, 3.63) is 54.6 Å². The van der Waals surface area contributed by atoms with Crippen molar-refractivity contribution in [3.8, 4) is 17.1 Å². The Bertz CT molecular complexity index is 1210. The summed E-state index contributed by atoms with van der Waals surface area (Å²) in [6.45, 7) is 1.40. The van der Waals surface area contributed by atoms with E-state index in [9.17, 15) is 4.39 Å². The fourth-order valence-electron chi connectivity index (χ4n) is 3.65. The molecule has 5 rings (SSSR count). The van der Waals surface area contributed by atoms with E-state index in [2.05, 4.69) is 24.7 Å². The molecule has 158 valence electrons. The van der Waals surface area contributed by atoms with Crippen molar-refractivity contribution in [1.29, 1.82) is 0 Å². The summed E-state index contributed by atoms with van der Waals surface area (Å²) in [5.74, 6) is 1.19. The van der Waals surface area contributed by atoms with Crippen LogP contribution in [0.3, 0.4) is 0 Å². The number of hydrogen-bond donors (Lipinski definition) is 0. The summed E-state index contributed by atoms with van der Waals surface area (Å²) in [5.41, 5.74) is 1.61. The SMILES string of the molecule is COc1ccc(-c2nnc(Sc3ncnc4ccc(F)cc34)n2CC2CCCO2)cc1. The Morgan fingerprint density at radius 2 is 2.03 bits per heavy atom. The minimum absolute atomic E-state index is 0.104. The molecule has 0 radical (unpaired) electrons. The molecule has 0 amide bonds. The average Bonchev–Trinajstić information content (AvgIpc) is 3.45. The summed E-state index contributed by atoms with van der Waals surface area (Å²) in [4.78, 5) is 8.61. The van der Waals surface area contributed by atoms with E-state index in [1.165, 1.54) is 30.2 Å². The third-order valence-electron chi connectivity index (χ3n) is 5.22. The Hall–Kier alpha value is -3.04. The van der Waals surface area contributed by atoms with E-state index in [4.69, 9.17) is 9.47 Å². The lowest BCUT2D eigenvalue weighted by molar-refractivity contribution is 0.0953. The zero-order valence-electron chi connectivity index (χ0n) is 16.9. The molecule has 2 aromatic heterocycles. The molecule has 7 nitrogen and oxygen atoms in total. The van der Waals surface area contributed by atoms with Crippen molar-refractivity contribution in [2.24, 2.45) is 0 Å². The predicted molar refractivity (Wildman–Crippen MR) is 115 cm³/mol. The van der Waals surface area contributed by atoms with Crippen LogP contribution >= 0.6 is 11.8 Å². The van der Waals surface area contributed by atoms with Gasteiger partial charge in [0.25, 0.3) is 0 Å². The van der Waals surface area contributed by atoms with Crippen LogP contribution in [0.2, 0.25) is 0 Å². The van der Waals surface area contributed by atoms with Gasteiger partial charge in [0.15, 0.2) is 11.0 Å². The van der Waals surface area contributed by atoms with Gasteiger partial charge in [-0.25, -0.2) is 14.4 Å². The molecule has 0 aliphatic carbocycles. The van der Waals surface area contributed by atoms with Gasteiger partial charge in [-0.3, -0.25) is 4.57 Å². The number of fused-ring (bicyclic) bond motifs is 1. The summed E-state index contributed by atoms with van der Waals surface area (Å²) < 4.78 is 27.0. The Morgan fingerprint density at radius 1 is 1.16 bits per heavy atom. The minimum Gasteiger partial charge on any atom is -0.497 e. The number of methoxy groups -OCH3 is 1. The van der Waals surface area contributed by atoms with Crippen molar-refractivity contribution < 1.29 is 13.9 Å². The summed E-state index contributed by atoms with van der Waals surface area (Å²) in [6, 6.07) is 12.2. The lowest BCUT2D eigenvalue weighted by Gasteiger charge is -2.15. The standard InChI is InChI=1S/C22H20FN5O2S/c1-29-16-7-4-14(5-8-16)20-26-27-22(28(20)12-17-3-2-10-30-17)31-21-18-11-15(23)6-9-19(18)24-13-25-21/h4-9,11,13,17H,2-3,10,12H2,1H3. The Labute approximate surface area is 182 Å². The highest BCUT2D eigenvalue weighted by Crippen LogP contribution is 2.33. The Kier molecular flexibility index (Phi) is 5.52. The number of hydrogen-bond acceptors (Lipinski definition) is 7. The van der Waals surface area contributed by atoms with Crippen molar-refractivity contribution in [2.75, 3.05) is 13.7 Å². The van der Waals surface area contributed by atoms with Crippen molar-refractivity contribution in [2.45, 2.75) is 35.7 Å². The van der Waals surface area contributed by atoms with Crippen LogP contribution in [-0.2, 0) is 11.3 Å². The molecule has 1 fully saturated rings. The summed E-state index contributed by atoms with van der Waals surface area (Å²) in [7, 11) is 1.64. The highest BCUT2D eigenvalue weighted by Gasteiger charge is 2.23. The van der Waals surface area contributed by atoms with Gasteiger partial charge < -0.3 is 9.47 Å². The van der Waals surface area contributed by atoms with Gasteiger partial charge in [-0.05, 0) is 67.1 Å². The van der Waals surface area contributed by atoms with Gasteiger partial charge in [-0.1, -0.05) is 0 Å². The second-order valence-electron chi connectivity index (χ2n) is 7.22. The predicted octanol–water partition coefficient (Wildman–Crippen LogP) is 4.37. The molecule has 1 saturated heterocycles. The number of aromatic nitrogens is 5. The summed E-state index contributed by atoms with van der Waals surface area (Å²) >= 11 is 1.35. The minimum atomic E-state index is -0.330. The Morgan fingerprint density at radius 3 is 2.81 bits per heavy atom. The quantitative estimate of drug-likeness (QED) is 0.415. The first-order valence-corrected chi connectivity index (χ1v) is 10.8. The molecule has 0 saturated carbocycles. The fraction of sp³-hybridized carbons (Fsp3) is 0.273. The van der Waals surface area contributed by atoms with Crippen molar-refractivity contribution in [1.82, 2.24) is 24.7 Å². The van der Waals surface area contributed by atoms with Gasteiger partial charge in [-0.15, -0.1) is 10.2 Å². The van der Waals surface area contributed by atoms with Crippen LogP contribution in [0.1, 0.15) is 12.8 Å². The number of benzene rings is 2. The van der Waals surface area contributed by atoms with E-state index < -0.39 is 0 Å². The monoisotopic (exact) mass is 437 g/mol. The third-order valence-corrected chi connectivity index (χ3v) is 6.23. The molecule has 1 aliphatic heterocycles. The molecule has 1 atom stereocenters. The van der Waals surface area contributed by atoms with Gasteiger partial charge in [0.2, 0.25) is 0 Å². The maximum atomic E-state index is 13.9. The smallest absolute Gasteiger partial charge is 0.197 e. The van der Waals surface area contributed by atoms with E-state index in [-0.39, 0.29) is 11.9 Å². The van der Waals surface area contributed by atoms with Crippen LogP contribution in [0.4, 0.5) is 4.39 Å². The molecule has 2 aromatic carbocycles. The first-order valence-electron chi connectivity index (χ1n) is 9.98. The number of halogens is 1. The second-order valence-corrected chi connectivity index (χ2v) is 8.18. The molecular weight excluding hydrogens is 417 g/mol. The molecule has 9 heteroatoms. The molecule has 3 heterocycles. The second kappa shape index (κ2) is 8.60. The lowest BCUT2D eigenvalue weighted by atomic mass is 10.2. The number of nitrogens with zero attached hydrogens (tertiary/aromatic N) is 5. The van der Waals surface area contributed by atoms with Gasteiger partial charge in [-0.2, -0.15) is 0 Å². The van der Waals surface area contributed by atoms with Crippen molar-refractivity contribution in [3.63, 3.8) is 0 Å². The van der Waals surface area contributed by atoms with Crippen LogP contribution in [0.5, 0.6) is 5.75 Å². The molecule has 0 bridgehead atoms. The average molecular weight is 438 g/mol. The van der Waals surface area contributed by atoms with Gasteiger partial charge >= 0.3 is 0 Å². The van der Waals surface area contributed by atoms with Crippen LogP contribution < -0.4 is 4.74 Å². The zero-order valence-corrected chi connectivity index (χ0v) is 17.7. The molecular formula is C22H20FN5O2S. The molecule has 1 unspecified atom stereocenters. The van der Waals surface area contributed by atoms with Crippen LogP contribution in [0, 0.1) is 5.82 Å². The van der Waals surface area contributed by atoms with E-state index >= 15 is 0 Å². The van der Waals surface area contributed by atoms with Crippen LogP contribution in [0.15, 0.2) is 59.0 Å². The van der Waals surface area contributed by atoms with Crippen molar-refractivity contribution >= 4 is 22.7 Å². The van der Waals surface area contributed by atoms with E-state index in [0.717, 1.165) is 36.6 Å². The molecule has 1 aliphatic rings. The Balaban J connectivity index is 1.55. The van der Waals surface area contributed by atoms with Crippen LogP contribution in [0.25, 0.3) is 22.3 Å². The maximum Gasteiger partial charge on any atom is 0.197 e. The lowest BCUT2D eigenvalue weighted by Crippen LogP contribution is -2.16. The molecule has 31 heavy (non-hydrogen) atoms. The topological polar surface area (TPSA) is 75.0 Å². The van der Waals surface area contributed by atoms with E-state index in [1.54, 1.807) is 13.2 Å². The maximum absolute atomic E-state index is 13.9. The zero-order chi connectivity index (χ0) is 21.2. The molecule has 4 aromatic rings. The molecule has 0 N–H and O–H groups in total. The normalized spacial score (nSPS) is 16.1. The van der Waals surface area contributed by atoms with E-state index in [1.807, 2.05) is 24.3 Å². The highest BCUT2D eigenvalue weighted by molar-refractivity contribution is 7.99. The third kappa shape index (κ3) is 4.11. The fourth-order valence-corrected chi connectivity index (χ4v) is 4.55. The number of ether oxygens (including phenoxy) is 2. The van der Waals surface area contributed by atoms with Gasteiger partial charge in [0, 0.05) is 17.6 Å². The first-order chi connectivity index (χ1) is 15.2. The van der Waals surface area contributed by atoms with Crippen LogP contribution in [-0.4, -0.2) is 44.6 Å². The summed E-state index contributed by atoms with van der Waals surface area (Å²) in [6.07, 6.45) is 3.62. The molecule has 0 spiro atoms. The highest BCUT2D eigenvalue weighted by atomic mass is 32.2. The summed E-state index contributed by atoms with van der Waals surface area (Å²) in [5, 5.41) is 10.8. The van der Waals surface area contributed by atoms with Gasteiger partial charge in [0.1, 0.15) is 22.9 Å². The number of rotatable bonds is 6. The first kappa shape index (κ1) is 19.9. The largest absolute Gasteiger partial charge is 0.497 e. The van der Waals surface area contributed by atoms with E-state index in [0.29, 0.717) is 27.6 Å². The van der Waals surface area contributed by atoms with Gasteiger partial charge in [0.05, 0.1) is 25.3 Å².